The molecular formula is C44H54O14S2. The number of hydrogen-bond donors (Lipinski definition) is 0. The summed E-state index contributed by atoms with van der Waals surface area (Å²) < 4.78 is 86.5. The van der Waals surface area contributed by atoms with Crippen molar-refractivity contribution >= 4 is 38.3 Å². The van der Waals surface area contributed by atoms with Crippen LogP contribution in [0, 0.1) is 0 Å². The summed E-state index contributed by atoms with van der Waals surface area (Å²) >= 11 is 0. The normalized spacial score (nSPS) is 11.9. The third kappa shape index (κ3) is 19.4. The average molecular weight is 871 g/mol. The molecule has 4 aromatic rings. The van der Waals surface area contributed by atoms with Crippen molar-refractivity contribution in [3.05, 3.63) is 125 Å². The highest BCUT2D eigenvalue weighted by atomic mass is 32.2. The fourth-order valence-corrected chi connectivity index (χ4v) is 6.18. The Morgan fingerprint density at radius 1 is 0.533 bits per heavy atom. The zero-order chi connectivity index (χ0) is 44.0. The number of ether oxygens (including phenoxy) is 6. The van der Waals surface area contributed by atoms with E-state index in [2.05, 4.69) is 0 Å². The molecule has 0 radical (unpaired) electrons. The number of rotatable bonds is 23. The van der Waals surface area contributed by atoms with Gasteiger partial charge in [-0.05, 0) is 105 Å². The van der Waals surface area contributed by atoms with Gasteiger partial charge in [-0.3, -0.25) is 0 Å². The second kappa shape index (κ2) is 25.1. The third-order valence-corrected chi connectivity index (χ3v) is 8.87. The Bertz CT molecular complexity index is 2150. The Labute approximate surface area is 353 Å². The number of benzene rings is 4. The molecule has 0 heterocycles. The predicted molar refractivity (Wildman–Crippen MR) is 227 cm³/mol. The van der Waals surface area contributed by atoms with Gasteiger partial charge >= 0.3 is 32.2 Å². The second-order valence-electron chi connectivity index (χ2n) is 12.8. The Hall–Kier alpha value is -5.58. The molecule has 0 aliphatic heterocycles. The number of hydrogen-bond acceptors (Lipinski definition) is 14. The van der Waals surface area contributed by atoms with Crippen molar-refractivity contribution in [2.75, 3.05) is 52.2 Å². The predicted octanol–water partition coefficient (Wildman–Crippen LogP) is 6.74. The van der Waals surface area contributed by atoms with E-state index in [1.54, 1.807) is 75.4 Å². The summed E-state index contributed by atoms with van der Waals surface area (Å²) in [6.07, 6.45) is 4.78. The van der Waals surface area contributed by atoms with Gasteiger partial charge in [-0.25, -0.2) is 9.59 Å². The van der Waals surface area contributed by atoms with Crippen molar-refractivity contribution < 1.29 is 63.2 Å². The van der Waals surface area contributed by atoms with E-state index in [-0.39, 0.29) is 29.8 Å². The molecule has 1 unspecified atom stereocenters. The van der Waals surface area contributed by atoms with Crippen molar-refractivity contribution in [1.82, 2.24) is 0 Å². The molecule has 60 heavy (non-hydrogen) atoms. The van der Waals surface area contributed by atoms with Gasteiger partial charge in [0.1, 0.15) is 23.0 Å². The summed E-state index contributed by atoms with van der Waals surface area (Å²) in [4.78, 5) is 23.9. The molecule has 0 aliphatic rings. The van der Waals surface area contributed by atoms with Gasteiger partial charge in [-0.1, -0.05) is 48.5 Å². The van der Waals surface area contributed by atoms with Gasteiger partial charge in [0.05, 0.1) is 45.5 Å². The van der Waals surface area contributed by atoms with E-state index in [4.69, 9.17) is 36.8 Å². The number of esters is 2. The lowest BCUT2D eigenvalue weighted by molar-refractivity contribution is -0.156. The summed E-state index contributed by atoms with van der Waals surface area (Å²) in [6, 6.07) is 28.4. The van der Waals surface area contributed by atoms with Crippen LogP contribution in [-0.2, 0) is 68.0 Å². The van der Waals surface area contributed by atoms with Gasteiger partial charge in [-0.2, -0.15) is 16.8 Å². The van der Waals surface area contributed by atoms with Crippen LogP contribution in [0.2, 0.25) is 0 Å². The highest BCUT2D eigenvalue weighted by molar-refractivity contribution is 7.86. The van der Waals surface area contributed by atoms with Crippen molar-refractivity contribution in [2.24, 2.45) is 0 Å². The van der Waals surface area contributed by atoms with Crippen molar-refractivity contribution in [1.29, 1.82) is 0 Å². The first-order chi connectivity index (χ1) is 28.6. The lowest BCUT2D eigenvalue weighted by Crippen LogP contribution is -2.28. The van der Waals surface area contributed by atoms with Gasteiger partial charge in [0.25, 0.3) is 0 Å². The molecule has 16 heteroatoms. The molecule has 0 aromatic heterocycles. The smallest absolute Gasteiger partial charge is 0.373 e. The summed E-state index contributed by atoms with van der Waals surface area (Å²) in [5.74, 6) is 1.29. The maximum absolute atomic E-state index is 12.0. The van der Waals surface area contributed by atoms with E-state index in [0.29, 0.717) is 58.0 Å². The molecule has 0 bridgehead atoms. The highest BCUT2D eigenvalue weighted by Crippen LogP contribution is 2.20. The highest BCUT2D eigenvalue weighted by Gasteiger charge is 2.20. The van der Waals surface area contributed by atoms with Crippen molar-refractivity contribution in [3.8, 4) is 23.0 Å². The van der Waals surface area contributed by atoms with Crippen LogP contribution in [0.15, 0.2) is 103 Å². The van der Waals surface area contributed by atoms with Gasteiger partial charge in [0.15, 0.2) is 6.10 Å². The molecule has 326 valence electrons. The van der Waals surface area contributed by atoms with Crippen LogP contribution < -0.4 is 17.8 Å². The fraction of sp³-hybridized carbons (Fsp3) is 0.364. The summed E-state index contributed by atoms with van der Waals surface area (Å²) in [5, 5.41) is 0. The van der Waals surface area contributed by atoms with Crippen LogP contribution >= 0.6 is 0 Å². The molecule has 0 fully saturated rings. The van der Waals surface area contributed by atoms with E-state index in [1.165, 1.54) is 0 Å². The topological polar surface area (TPSA) is 176 Å². The van der Waals surface area contributed by atoms with Crippen LogP contribution in [0.25, 0.3) is 6.08 Å². The largest absolute Gasteiger partial charge is 0.493 e. The van der Waals surface area contributed by atoms with Crippen molar-refractivity contribution in [3.63, 3.8) is 0 Å². The molecule has 4 rings (SSSR count). The molecule has 0 saturated heterocycles. The molecule has 4 aromatic carbocycles. The third-order valence-electron chi connectivity index (χ3n) is 7.88. The minimum absolute atomic E-state index is 0.163. The van der Waals surface area contributed by atoms with Crippen molar-refractivity contribution in [2.45, 2.75) is 53.1 Å². The van der Waals surface area contributed by atoms with Gasteiger partial charge in [-0.15, -0.1) is 0 Å². The zero-order valence-electron chi connectivity index (χ0n) is 34.8. The van der Waals surface area contributed by atoms with Crippen LogP contribution in [0.1, 0.15) is 49.9 Å². The Kier molecular flexibility index (Phi) is 20.4. The van der Waals surface area contributed by atoms with Gasteiger partial charge in [0.2, 0.25) is 5.76 Å². The lowest BCUT2D eigenvalue weighted by atomic mass is 10.1. The molecule has 0 amide bonds. The first-order valence-electron chi connectivity index (χ1n) is 19.3. The monoisotopic (exact) mass is 870 g/mol. The lowest BCUT2D eigenvalue weighted by Gasteiger charge is -2.15. The fourth-order valence-electron chi connectivity index (χ4n) is 5.26. The maximum Gasteiger partial charge on any atom is 0.373 e. The molecule has 1 atom stereocenters. The number of carbonyl (C=O) groups excluding carboxylic acids is 2. The van der Waals surface area contributed by atoms with E-state index in [9.17, 15) is 26.4 Å². The van der Waals surface area contributed by atoms with Gasteiger partial charge in [0, 0.05) is 25.9 Å². The SMILES string of the molecule is CCOC(=O)/C(=C/c1ccc(OCCc2ccc(OS(C)(=O)=O)cc2)cc1)OCC.CCOC(=O)C(Cc1ccc(OCCc2ccc(OS(C)(=O)=O)cc2)cc1)OCC. The molecule has 0 spiro atoms. The Morgan fingerprint density at radius 3 is 1.37 bits per heavy atom. The Morgan fingerprint density at radius 2 is 0.950 bits per heavy atom. The quantitative estimate of drug-likeness (QED) is 0.0331. The molecular weight excluding hydrogens is 817 g/mol. The molecule has 14 nitrogen and oxygen atoms in total. The van der Waals surface area contributed by atoms with Crippen LogP contribution in [-0.4, -0.2) is 87.0 Å². The minimum atomic E-state index is -3.53. The molecule has 0 aliphatic carbocycles. The van der Waals surface area contributed by atoms with E-state index in [1.807, 2.05) is 55.5 Å². The molecule has 0 N–H and O–H groups in total. The summed E-state index contributed by atoms with van der Waals surface area (Å²) in [6.45, 7) is 9.48. The Balaban J connectivity index is 0.000000320. The van der Waals surface area contributed by atoms with Crippen LogP contribution in [0.3, 0.4) is 0 Å². The first kappa shape index (κ1) is 48.8. The summed E-state index contributed by atoms with van der Waals surface area (Å²) in [7, 11) is -7.05. The van der Waals surface area contributed by atoms with Gasteiger partial charge < -0.3 is 36.8 Å². The maximum atomic E-state index is 12.0. The average Bonchev–Trinajstić information content (AvgIpc) is 3.19. The first-order valence-corrected chi connectivity index (χ1v) is 23.0. The summed E-state index contributed by atoms with van der Waals surface area (Å²) in [5.41, 5.74) is 3.74. The van der Waals surface area contributed by atoms with Crippen LogP contribution in [0.5, 0.6) is 23.0 Å². The number of carbonyl (C=O) groups is 2. The zero-order valence-corrected chi connectivity index (χ0v) is 36.4. The molecule has 0 saturated carbocycles. The van der Waals surface area contributed by atoms with E-state index >= 15 is 0 Å². The standard InChI is InChI=1S/C22H28O7S.C22H26O7S/c2*1-4-26-21(22(23)27-5-2)16-18-8-10-19(11-9-18)28-15-14-17-6-12-20(13-7-17)29-30(3,24)25/h6-13,21H,4-5,14-16H2,1-3H3;6-13,16H,4-5,14-15H2,1-3H3/b;21-16-. The second-order valence-corrected chi connectivity index (χ2v) is 16.0. The minimum Gasteiger partial charge on any atom is -0.493 e. The van der Waals surface area contributed by atoms with Crippen LogP contribution in [0.4, 0.5) is 0 Å². The van der Waals surface area contributed by atoms with E-state index in [0.717, 1.165) is 40.5 Å². The van der Waals surface area contributed by atoms with E-state index < -0.39 is 32.3 Å².